The summed E-state index contributed by atoms with van der Waals surface area (Å²) in [5, 5.41) is 2.38. The van der Waals surface area contributed by atoms with Gasteiger partial charge in [0.25, 0.3) is 0 Å². The third-order valence-corrected chi connectivity index (χ3v) is 17.1. The molecule has 3 aliphatic heterocycles. The van der Waals surface area contributed by atoms with Crippen LogP contribution in [0.4, 0.5) is 0 Å². The molecule has 7 rings (SSSR count). The molecule has 0 bridgehead atoms. The largest absolute Gasteiger partial charge is 0.453 e. The van der Waals surface area contributed by atoms with Gasteiger partial charge in [-0.3, -0.25) is 9.97 Å². The molecule has 6 heterocycles. The lowest BCUT2D eigenvalue weighted by Crippen LogP contribution is -2.02. The van der Waals surface area contributed by atoms with Crippen LogP contribution in [0.25, 0.3) is 19.2 Å². The highest BCUT2D eigenvalue weighted by Gasteiger charge is 2.29. The van der Waals surface area contributed by atoms with Crippen molar-refractivity contribution < 1.29 is 4.42 Å². The first-order valence-electron chi connectivity index (χ1n) is 12.1. The normalized spacial score (nSPS) is 17.5. The van der Waals surface area contributed by atoms with Crippen LogP contribution in [-0.2, 0) is 11.5 Å². The molecule has 39 heavy (non-hydrogen) atoms. The van der Waals surface area contributed by atoms with E-state index in [1.807, 2.05) is 119 Å². The minimum Gasteiger partial charge on any atom is -0.453 e. The van der Waals surface area contributed by atoms with Gasteiger partial charge in [0.1, 0.15) is 0 Å². The number of pyridine rings is 2. The molecule has 0 saturated heterocycles. The van der Waals surface area contributed by atoms with E-state index in [-0.39, 0.29) is 0 Å². The maximum atomic E-state index is 6.79. The summed E-state index contributed by atoms with van der Waals surface area (Å²) in [5.74, 6) is 4.05. The molecular formula is C28H20N2OS8. The predicted octanol–water partition coefficient (Wildman–Crippen LogP) is 8.91. The Morgan fingerprint density at radius 1 is 0.590 bits per heavy atom. The van der Waals surface area contributed by atoms with E-state index in [9.17, 15) is 0 Å². The van der Waals surface area contributed by atoms with E-state index >= 15 is 0 Å². The summed E-state index contributed by atoms with van der Waals surface area (Å²) in [5.41, 5.74) is 4.18. The van der Waals surface area contributed by atoms with Crippen molar-refractivity contribution in [1.82, 2.24) is 9.97 Å². The molecule has 196 valence electrons. The molecule has 0 aliphatic carbocycles. The van der Waals surface area contributed by atoms with Gasteiger partial charge >= 0.3 is 0 Å². The standard InChI is InChI=1S/C28H20N2OS8/c1-2-10-20-19(9-1)21(23-36-25-26(37-23)33-14-13-32-25)31-22(20)24-38-27(34-15-17-7-3-5-11-29-17)28(39-24)35-16-18-8-4-6-12-30-18/h1-12H,13-16H2. The van der Waals surface area contributed by atoms with Gasteiger partial charge in [-0.05, 0) is 24.3 Å². The van der Waals surface area contributed by atoms with Crippen molar-refractivity contribution in [1.29, 1.82) is 0 Å². The summed E-state index contributed by atoms with van der Waals surface area (Å²) in [6.07, 6.45) is 3.73. The first-order valence-corrected chi connectivity index (χ1v) is 19.3. The van der Waals surface area contributed by atoms with Crippen molar-refractivity contribution in [2.75, 3.05) is 11.5 Å². The second kappa shape index (κ2) is 12.5. The summed E-state index contributed by atoms with van der Waals surface area (Å²) in [6.45, 7) is 0. The van der Waals surface area contributed by atoms with Crippen molar-refractivity contribution >= 4 is 113 Å². The molecule has 0 unspecified atom stereocenters. The molecule has 0 amide bonds. The minimum absolute atomic E-state index is 0.840. The van der Waals surface area contributed by atoms with Crippen molar-refractivity contribution in [3.8, 4) is 0 Å². The van der Waals surface area contributed by atoms with E-state index in [1.54, 1.807) is 0 Å². The Morgan fingerprint density at radius 2 is 1.08 bits per heavy atom. The van der Waals surface area contributed by atoms with Crippen molar-refractivity contribution in [3.05, 3.63) is 112 Å². The Bertz CT molecular complexity index is 1640. The van der Waals surface area contributed by atoms with Gasteiger partial charge in [-0.15, -0.1) is 47.0 Å². The van der Waals surface area contributed by atoms with Crippen LogP contribution in [0.1, 0.15) is 11.4 Å². The van der Waals surface area contributed by atoms with Gasteiger partial charge in [0.05, 0.1) is 36.8 Å². The van der Waals surface area contributed by atoms with Gasteiger partial charge < -0.3 is 4.42 Å². The van der Waals surface area contributed by atoms with Crippen LogP contribution >= 0.6 is 94.1 Å². The Hall–Kier alpha value is -0.920. The number of aromatic nitrogens is 2. The van der Waals surface area contributed by atoms with E-state index in [0.717, 1.165) is 33.7 Å². The van der Waals surface area contributed by atoms with Crippen molar-refractivity contribution in [2.24, 2.45) is 0 Å². The van der Waals surface area contributed by atoms with E-state index in [1.165, 1.54) is 47.7 Å². The van der Waals surface area contributed by atoms with Gasteiger partial charge in [-0.1, -0.05) is 83.4 Å². The molecule has 0 saturated carbocycles. The van der Waals surface area contributed by atoms with Gasteiger partial charge in [0, 0.05) is 46.2 Å². The molecule has 3 nitrogen and oxygen atoms in total. The highest BCUT2D eigenvalue weighted by Crippen LogP contribution is 2.60. The fourth-order valence-electron chi connectivity index (χ4n) is 3.99. The average Bonchev–Trinajstić information content (AvgIpc) is 3.71. The van der Waals surface area contributed by atoms with Crippen LogP contribution in [0.3, 0.4) is 0 Å². The lowest BCUT2D eigenvalue weighted by molar-refractivity contribution is 0.509. The Morgan fingerprint density at radius 3 is 1.56 bits per heavy atom. The molecule has 11 heteroatoms. The second-order valence-corrected chi connectivity index (χ2v) is 18.2. The van der Waals surface area contributed by atoms with E-state index < -0.39 is 0 Å². The summed E-state index contributed by atoms with van der Waals surface area (Å²) in [6, 6.07) is 20.9. The Labute approximate surface area is 260 Å². The summed E-state index contributed by atoms with van der Waals surface area (Å²) in [4.78, 5) is 9.08. The SMILES string of the molecule is c1ccc(CSC2=C(SCc3ccccn3)SC(=c3oc(=C4SC5=C(SCCS5)S4)c4ccccc34)S2)nc1. The van der Waals surface area contributed by atoms with Crippen LogP contribution in [-0.4, -0.2) is 21.5 Å². The monoisotopic (exact) mass is 656 g/mol. The Balaban J connectivity index is 1.25. The predicted molar refractivity (Wildman–Crippen MR) is 183 cm³/mol. The van der Waals surface area contributed by atoms with Crippen LogP contribution in [0.5, 0.6) is 0 Å². The molecule has 4 aromatic rings. The summed E-state index contributed by atoms with van der Waals surface area (Å²) >= 11 is 15.1. The molecule has 3 aliphatic rings. The zero-order valence-corrected chi connectivity index (χ0v) is 26.9. The average molecular weight is 657 g/mol. The maximum absolute atomic E-state index is 6.79. The fourth-order valence-corrected chi connectivity index (χ4v) is 15.6. The van der Waals surface area contributed by atoms with Crippen LogP contribution in [0.15, 0.2) is 94.4 Å². The van der Waals surface area contributed by atoms with Crippen molar-refractivity contribution in [3.63, 3.8) is 0 Å². The van der Waals surface area contributed by atoms with Gasteiger partial charge in [-0.2, -0.15) is 0 Å². The van der Waals surface area contributed by atoms with Gasteiger partial charge in [0.15, 0.2) is 10.8 Å². The summed E-state index contributed by atoms with van der Waals surface area (Å²) in [7, 11) is 0. The Kier molecular flexibility index (Phi) is 8.65. The van der Waals surface area contributed by atoms with Crippen LogP contribution < -0.4 is 10.8 Å². The smallest absolute Gasteiger partial charge is 0.156 e. The highest BCUT2D eigenvalue weighted by molar-refractivity contribution is 8.46. The maximum Gasteiger partial charge on any atom is 0.156 e. The number of fused-ring (bicyclic) bond motifs is 1. The summed E-state index contributed by atoms with van der Waals surface area (Å²) < 4.78 is 14.8. The zero-order chi connectivity index (χ0) is 26.0. The molecule has 3 aromatic heterocycles. The van der Waals surface area contributed by atoms with Gasteiger partial charge in [0.2, 0.25) is 0 Å². The molecule has 0 radical (unpaired) electrons. The molecule has 0 atom stereocenters. The number of rotatable bonds is 6. The third-order valence-electron chi connectivity index (χ3n) is 5.77. The second-order valence-electron chi connectivity index (χ2n) is 8.36. The van der Waals surface area contributed by atoms with Gasteiger partial charge in [-0.25, -0.2) is 0 Å². The molecule has 0 spiro atoms. The number of furan rings is 1. The van der Waals surface area contributed by atoms with E-state index in [2.05, 4.69) is 58.5 Å². The first-order chi connectivity index (χ1) is 19.3. The molecule has 0 N–H and O–H groups in total. The van der Waals surface area contributed by atoms with E-state index in [0.29, 0.717) is 0 Å². The fraction of sp³-hybridized carbons (Fsp3) is 0.143. The van der Waals surface area contributed by atoms with Crippen LogP contribution in [0, 0.1) is 0 Å². The molecule has 1 aromatic carbocycles. The molecular weight excluding hydrogens is 637 g/mol. The number of nitrogens with zero attached hydrogens (tertiary/aromatic N) is 2. The topological polar surface area (TPSA) is 38.9 Å². The number of hydrogen-bond donors (Lipinski definition) is 0. The quantitative estimate of drug-likeness (QED) is 0.200. The highest BCUT2D eigenvalue weighted by atomic mass is 32.3. The van der Waals surface area contributed by atoms with Crippen molar-refractivity contribution in [2.45, 2.75) is 11.5 Å². The van der Waals surface area contributed by atoms with Crippen LogP contribution in [0.2, 0.25) is 0 Å². The number of thioether (sulfide) groups is 8. The first kappa shape index (κ1) is 26.9. The number of hydrogen-bond acceptors (Lipinski definition) is 11. The minimum atomic E-state index is 0.840. The lowest BCUT2D eigenvalue weighted by Gasteiger charge is -2.08. The lowest BCUT2D eigenvalue weighted by atomic mass is 10.2. The molecule has 0 fully saturated rings. The number of benzene rings is 1. The third kappa shape index (κ3) is 6.02. The van der Waals surface area contributed by atoms with E-state index in [4.69, 9.17) is 4.42 Å². The zero-order valence-electron chi connectivity index (χ0n) is 20.3.